The van der Waals surface area contributed by atoms with Crippen LogP contribution in [-0.2, 0) is 4.74 Å². The topological polar surface area (TPSA) is 30.5 Å². The van der Waals surface area contributed by atoms with E-state index in [1.54, 1.807) is 7.11 Å². The van der Waals surface area contributed by atoms with Gasteiger partial charge in [-0.3, -0.25) is 0 Å². The Hall–Kier alpha value is -1.06. The molecule has 0 heterocycles. The van der Waals surface area contributed by atoms with Crippen molar-refractivity contribution >= 4 is 0 Å². The van der Waals surface area contributed by atoms with Crippen molar-refractivity contribution in [3.63, 3.8) is 0 Å². The van der Waals surface area contributed by atoms with Crippen LogP contribution in [-0.4, -0.2) is 26.3 Å². The van der Waals surface area contributed by atoms with Crippen LogP contribution in [0.2, 0.25) is 0 Å². The monoisotopic (exact) mass is 251 g/mol. The van der Waals surface area contributed by atoms with Crippen molar-refractivity contribution in [3.05, 3.63) is 29.8 Å². The van der Waals surface area contributed by atoms with Crippen LogP contribution in [0.3, 0.4) is 0 Å². The Balaban J connectivity index is 2.72. The Labute approximate surface area is 110 Å². The number of ether oxygens (including phenoxy) is 2. The lowest BCUT2D eigenvalue weighted by Gasteiger charge is -2.20. The smallest absolute Gasteiger partial charge is 0.119 e. The van der Waals surface area contributed by atoms with Gasteiger partial charge < -0.3 is 14.8 Å². The van der Waals surface area contributed by atoms with Gasteiger partial charge in [-0.2, -0.15) is 0 Å². The van der Waals surface area contributed by atoms with Gasteiger partial charge in [0, 0.05) is 19.2 Å². The zero-order valence-corrected chi connectivity index (χ0v) is 11.9. The van der Waals surface area contributed by atoms with Gasteiger partial charge in [0.05, 0.1) is 13.2 Å². The van der Waals surface area contributed by atoms with Gasteiger partial charge in [0.25, 0.3) is 0 Å². The van der Waals surface area contributed by atoms with E-state index in [0.717, 1.165) is 30.9 Å². The van der Waals surface area contributed by atoms with Crippen LogP contribution in [0.4, 0.5) is 0 Å². The Bertz CT molecular complexity index is 339. The van der Waals surface area contributed by atoms with Crippen molar-refractivity contribution < 1.29 is 9.47 Å². The standard InChI is InChI=1S/C15H25NO2/c1-5-9-18-15(11-16-12(2)3)13-7-6-8-14(10-13)17-4/h6-8,10,12,15-16H,5,9,11H2,1-4H3. The first-order valence-electron chi connectivity index (χ1n) is 6.66. The number of hydrogen-bond donors (Lipinski definition) is 1. The van der Waals surface area contributed by atoms with E-state index in [1.165, 1.54) is 0 Å². The zero-order chi connectivity index (χ0) is 13.4. The fourth-order valence-corrected chi connectivity index (χ4v) is 1.72. The molecule has 0 radical (unpaired) electrons. The van der Waals surface area contributed by atoms with Gasteiger partial charge in [-0.25, -0.2) is 0 Å². The first kappa shape index (κ1) is 15.0. The summed E-state index contributed by atoms with van der Waals surface area (Å²) >= 11 is 0. The largest absolute Gasteiger partial charge is 0.497 e. The second-order valence-electron chi connectivity index (χ2n) is 4.70. The van der Waals surface area contributed by atoms with Crippen LogP contribution in [0.15, 0.2) is 24.3 Å². The molecule has 0 aliphatic heterocycles. The highest BCUT2D eigenvalue weighted by molar-refractivity contribution is 5.30. The van der Waals surface area contributed by atoms with Crippen molar-refractivity contribution in [2.75, 3.05) is 20.3 Å². The lowest BCUT2D eigenvalue weighted by atomic mass is 10.1. The first-order chi connectivity index (χ1) is 8.67. The minimum absolute atomic E-state index is 0.0856. The molecule has 0 bridgehead atoms. The van der Waals surface area contributed by atoms with E-state index in [1.807, 2.05) is 18.2 Å². The van der Waals surface area contributed by atoms with Crippen molar-refractivity contribution in [2.45, 2.75) is 39.3 Å². The van der Waals surface area contributed by atoms with E-state index in [-0.39, 0.29) is 6.10 Å². The van der Waals surface area contributed by atoms with Gasteiger partial charge in [0.1, 0.15) is 5.75 Å². The van der Waals surface area contributed by atoms with E-state index < -0.39 is 0 Å². The van der Waals surface area contributed by atoms with Crippen LogP contribution >= 0.6 is 0 Å². The van der Waals surface area contributed by atoms with E-state index in [4.69, 9.17) is 9.47 Å². The van der Waals surface area contributed by atoms with Crippen molar-refractivity contribution in [2.24, 2.45) is 0 Å². The van der Waals surface area contributed by atoms with E-state index in [0.29, 0.717) is 6.04 Å². The highest BCUT2D eigenvalue weighted by Crippen LogP contribution is 2.21. The van der Waals surface area contributed by atoms with Crippen molar-refractivity contribution in [1.29, 1.82) is 0 Å². The molecule has 3 heteroatoms. The third-order valence-electron chi connectivity index (χ3n) is 2.70. The molecular formula is C15H25NO2. The predicted molar refractivity (Wildman–Crippen MR) is 75.1 cm³/mol. The molecule has 1 rings (SSSR count). The number of methoxy groups -OCH3 is 1. The van der Waals surface area contributed by atoms with Gasteiger partial charge in [0.15, 0.2) is 0 Å². The molecule has 0 aromatic heterocycles. The van der Waals surface area contributed by atoms with Gasteiger partial charge in [-0.05, 0) is 24.1 Å². The molecule has 1 aromatic rings. The van der Waals surface area contributed by atoms with Gasteiger partial charge in [-0.1, -0.05) is 32.9 Å². The number of rotatable bonds is 8. The molecule has 102 valence electrons. The SMILES string of the molecule is CCCOC(CNC(C)C)c1cccc(OC)c1. The summed E-state index contributed by atoms with van der Waals surface area (Å²) in [4.78, 5) is 0. The summed E-state index contributed by atoms with van der Waals surface area (Å²) in [6.07, 6.45) is 1.12. The highest BCUT2D eigenvalue weighted by Gasteiger charge is 2.12. The molecule has 0 aliphatic carbocycles. The summed E-state index contributed by atoms with van der Waals surface area (Å²) in [5.74, 6) is 0.877. The average Bonchev–Trinajstić information content (AvgIpc) is 2.38. The Morgan fingerprint density at radius 1 is 1.28 bits per heavy atom. The Kier molecular flexibility index (Phi) is 6.76. The quantitative estimate of drug-likeness (QED) is 0.770. The number of nitrogens with one attached hydrogen (secondary N) is 1. The fraction of sp³-hybridized carbons (Fsp3) is 0.600. The lowest BCUT2D eigenvalue weighted by Crippen LogP contribution is -2.29. The zero-order valence-electron chi connectivity index (χ0n) is 11.9. The molecule has 1 N–H and O–H groups in total. The summed E-state index contributed by atoms with van der Waals surface area (Å²) in [5, 5.41) is 3.42. The summed E-state index contributed by atoms with van der Waals surface area (Å²) < 4.78 is 11.2. The maximum Gasteiger partial charge on any atom is 0.119 e. The molecule has 1 aromatic carbocycles. The minimum atomic E-state index is 0.0856. The maximum atomic E-state index is 5.91. The van der Waals surface area contributed by atoms with Crippen LogP contribution in [0, 0.1) is 0 Å². The van der Waals surface area contributed by atoms with E-state index in [2.05, 4.69) is 32.2 Å². The van der Waals surface area contributed by atoms with Crippen LogP contribution in [0.5, 0.6) is 5.75 Å². The maximum absolute atomic E-state index is 5.91. The molecule has 3 nitrogen and oxygen atoms in total. The minimum Gasteiger partial charge on any atom is -0.497 e. The summed E-state index contributed by atoms with van der Waals surface area (Å²) in [5.41, 5.74) is 1.16. The summed E-state index contributed by atoms with van der Waals surface area (Å²) in [6.45, 7) is 8.01. The molecule has 0 saturated carbocycles. The van der Waals surface area contributed by atoms with Crippen LogP contribution < -0.4 is 10.1 Å². The molecule has 0 spiro atoms. The summed E-state index contributed by atoms with van der Waals surface area (Å²) in [7, 11) is 1.69. The number of hydrogen-bond acceptors (Lipinski definition) is 3. The van der Waals surface area contributed by atoms with Crippen molar-refractivity contribution in [1.82, 2.24) is 5.32 Å². The summed E-state index contributed by atoms with van der Waals surface area (Å²) in [6, 6.07) is 8.55. The predicted octanol–water partition coefficient (Wildman–Crippen LogP) is 3.16. The van der Waals surface area contributed by atoms with Crippen LogP contribution in [0.25, 0.3) is 0 Å². The van der Waals surface area contributed by atoms with Crippen LogP contribution in [0.1, 0.15) is 38.9 Å². The van der Waals surface area contributed by atoms with Gasteiger partial charge in [0.2, 0.25) is 0 Å². The second kappa shape index (κ2) is 8.11. The normalized spacial score (nSPS) is 12.7. The van der Waals surface area contributed by atoms with Gasteiger partial charge in [-0.15, -0.1) is 0 Å². The first-order valence-corrected chi connectivity index (χ1v) is 6.66. The third-order valence-corrected chi connectivity index (χ3v) is 2.70. The second-order valence-corrected chi connectivity index (χ2v) is 4.70. The van der Waals surface area contributed by atoms with E-state index >= 15 is 0 Å². The molecular weight excluding hydrogens is 226 g/mol. The molecule has 0 aliphatic rings. The highest BCUT2D eigenvalue weighted by atomic mass is 16.5. The number of benzene rings is 1. The average molecular weight is 251 g/mol. The van der Waals surface area contributed by atoms with E-state index in [9.17, 15) is 0 Å². The molecule has 0 fully saturated rings. The molecule has 18 heavy (non-hydrogen) atoms. The molecule has 0 amide bonds. The molecule has 0 saturated heterocycles. The van der Waals surface area contributed by atoms with Crippen molar-refractivity contribution in [3.8, 4) is 5.75 Å². The Morgan fingerprint density at radius 3 is 2.67 bits per heavy atom. The fourth-order valence-electron chi connectivity index (χ4n) is 1.72. The van der Waals surface area contributed by atoms with Gasteiger partial charge >= 0.3 is 0 Å². The lowest BCUT2D eigenvalue weighted by molar-refractivity contribution is 0.0516. The molecule has 1 unspecified atom stereocenters. The Morgan fingerprint density at radius 2 is 2.06 bits per heavy atom. The third kappa shape index (κ3) is 5.07. The molecule has 1 atom stereocenters.